The number of carbonyl (C=O) groups is 1. The van der Waals surface area contributed by atoms with E-state index in [4.69, 9.17) is 21.1 Å². The lowest BCUT2D eigenvalue weighted by molar-refractivity contribution is 0.102. The van der Waals surface area contributed by atoms with Gasteiger partial charge in [-0.1, -0.05) is 17.7 Å². The summed E-state index contributed by atoms with van der Waals surface area (Å²) in [5, 5.41) is 4.75. The minimum atomic E-state index is -0.683. The predicted molar refractivity (Wildman–Crippen MR) is 93.0 cm³/mol. The molecule has 0 unspecified atom stereocenters. The topological polar surface area (TPSA) is 60.5 Å². The molecule has 8 heteroatoms. The van der Waals surface area contributed by atoms with Gasteiger partial charge in [-0.3, -0.25) is 10.1 Å². The summed E-state index contributed by atoms with van der Waals surface area (Å²) in [7, 11) is 0. The maximum Gasteiger partial charge on any atom is 0.261 e. The summed E-state index contributed by atoms with van der Waals surface area (Å²) in [5.41, 5.74) is 1.28. The van der Waals surface area contributed by atoms with Crippen molar-refractivity contribution in [3.63, 3.8) is 0 Å². The lowest BCUT2D eigenvalue weighted by atomic mass is 10.1. The largest absolute Gasteiger partial charge is 0.454 e. The van der Waals surface area contributed by atoms with E-state index in [1.54, 1.807) is 11.4 Å². The molecule has 0 spiro atoms. The number of halogens is 2. The number of thiazole rings is 1. The van der Waals surface area contributed by atoms with E-state index in [0.717, 1.165) is 5.56 Å². The third-order valence-electron chi connectivity index (χ3n) is 3.58. The number of anilines is 1. The first-order chi connectivity index (χ1) is 12.1. The van der Waals surface area contributed by atoms with Gasteiger partial charge in [0, 0.05) is 10.9 Å². The number of amides is 1. The van der Waals surface area contributed by atoms with E-state index in [0.29, 0.717) is 22.3 Å². The van der Waals surface area contributed by atoms with Crippen LogP contribution >= 0.6 is 22.9 Å². The van der Waals surface area contributed by atoms with Crippen LogP contribution in [-0.2, 0) is 0 Å². The molecule has 0 aliphatic carbocycles. The van der Waals surface area contributed by atoms with Crippen molar-refractivity contribution in [1.82, 2.24) is 4.98 Å². The van der Waals surface area contributed by atoms with Gasteiger partial charge in [-0.15, -0.1) is 11.3 Å². The first kappa shape index (κ1) is 15.9. The Bertz CT molecular complexity index is 956. The molecule has 1 aliphatic rings. The lowest BCUT2D eigenvalue weighted by Crippen LogP contribution is -2.14. The highest BCUT2D eigenvalue weighted by Gasteiger charge is 2.18. The van der Waals surface area contributed by atoms with Gasteiger partial charge < -0.3 is 9.47 Å². The quantitative estimate of drug-likeness (QED) is 0.726. The molecule has 126 valence electrons. The Balaban J connectivity index is 1.57. The van der Waals surface area contributed by atoms with E-state index < -0.39 is 11.7 Å². The standard InChI is InChI=1S/C17H10ClFN2O3S/c18-10-2-1-3-11(19)15(10)16(22)21-17-20-12(7-25-17)9-4-5-13-14(6-9)24-8-23-13/h1-7H,8H2,(H,20,21,22). The number of nitrogens with one attached hydrogen (secondary N) is 1. The Morgan fingerprint density at radius 2 is 2.08 bits per heavy atom. The molecule has 3 aromatic rings. The maximum absolute atomic E-state index is 13.8. The third-order valence-corrected chi connectivity index (χ3v) is 4.66. The van der Waals surface area contributed by atoms with E-state index in [-0.39, 0.29) is 17.4 Å². The van der Waals surface area contributed by atoms with Crippen LogP contribution in [0.1, 0.15) is 10.4 Å². The van der Waals surface area contributed by atoms with Gasteiger partial charge in [0.25, 0.3) is 5.91 Å². The van der Waals surface area contributed by atoms with E-state index in [1.165, 1.54) is 29.5 Å². The van der Waals surface area contributed by atoms with Crippen molar-refractivity contribution in [3.05, 3.63) is 58.2 Å². The molecular formula is C17H10ClFN2O3S. The summed E-state index contributed by atoms with van der Waals surface area (Å²) >= 11 is 7.13. The fourth-order valence-electron chi connectivity index (χ4n) is 2.39. The van der Waals surface area contributed by atoms with Crippen molar-refractivity contribution in [2.24, 2.45) is 0 Å². The number of nitrogens with zero attached hydrogens (tertiary/aromatic N) is 1. The fraction of sp³-hybridized carbons (Fsp3) is 0.0588. The Morgan fingerprint density at radius 1 is 1.24 bits per heavy atom. The van der Waals surface area contributed by atoms with E-state index in [1.807, 2.05) is 12.1 Å². The zero-order valence-corrected chi connectivity index (χ0v) is 14.2. The van der Waals surface area contributed by atoms with Crippen molar-refractivity contribution in [2.45, 2.75) is 0 Å². The summed E-state index contributed by atoms with van der Waals surface area (Å²) in [6, 6.07) is 9.54. The molecule has 2 aromatic carbocycles. The van der Waals surface area contributed by atoms with E-state index in [2.05, 4.69) is 10.3 Å². The highest BCUT2D eigenvalue weighted by molar-refractivity contribution is 7.14. The summed E-state index contributed by atoms with van der Waals surface area (Å²) in [6.07, 6.45) is 0. The fourth-order valence-corrected chi connectivity index (χ4v) is 3.36. The van der Waals surface area contributed by atoms with Crippen LogP contribution in [0.3, 0.4) is 0 Å². The number of hydrogen-bond acceptors (Lipinski definition) is 5. The van der Waals surface area contributed by atoms with Crippen molar-refractivity contribution >= 4 is 34.0 Å². The molecule has 0 atom stereocenters. The molecule has 0 saturated heterocycles. The number of benzene rings is 2. The van der Waals surface area contributed by atoms with Gasteiger partial charge in [0.15, 0.2) is 16.6 Å². The third kappa shape index (κ3) is 3.04. The van der Waals surface area contributed by atoms with Gasteiger partial charge >= 0.3 is 0 Å². The van der Waals surface area contributed by atoms with Crippen molar-refractivity contribution in [1.29, 1.82) is 0 Å². The summed E-state index contributed by atoms with van der Waals surface area (Å²) in [5.74, 6) is 0.00293. The van der Waals surface area contributed by atoms with Crippen LogP contribution in [-0.4, -0.2) is 17.7 Å². The Kier molecular flexibility index (Phi) is 4.03. The highest BCUT2D eigenvalue weighted by Crippen LogP contribution is 2.36. The molecule has 1 N–H and O–H groups in total. The summed E-state index contributed by atoms with van der Waals surface area (Å²) in [4.78, 5) is 16.6. The maximum atomic E-state index is 13.8. The Labute approximate surface area is 151 Å². The minimum Gasteiger partial charge on any atom is -0.454 e. The molecule has 2 heterocycles. The monoisotopic (exact) mass is 376 g/mol. The van der Waals surface area contributed by atoms with Crippen LogP contribution in [0.25, 0.3) is 11.3 Å². The van der Waals surface area contributed by atoms with Crippen LogP contribution in [0.2, 0.25) is 5.02 Å². The van der Waals surface area contributed by atoms with Gasteiger partial charge in [-0.2, -0.15) is 0 Å². The molecule has 0 saturated carbocycles. The van der Waals surface area contributed by atoms with E-state index >= 15 is 0 Å². The van der Waals surface area contributed by atoms with Gasteiger partial charge in [0.1, 0.15) is 5.82 Å². The number of fused-ring (bicyclic) bond motifs is 1. The normalized spacial score (nSPS) is 12.2. The second kappa shape index (κ2) is 6.34. The zero-order valence-electron chi connectivity index (χ0n) is 12.6. The molecule has 1 amide bonds. The van der Waals surface area contributed by atoms with Crippen LogP contribution < -0.4 is 14.8 Å². The van der Waals surface area contributed by atoms with E-state index in [9.17, 15) is 9.18 Å². The molecule has 5 nitrogen and oxygen atoms in total. The molecule has 0 bridgehead atoms. The lowest BCUT2D eigenvalue weighted by Gasteiger charge is -2.05. The Morgan fingerprint density at radius 3 is 2.92 bits per heavy atom. The summed E-state index contributed by atoms with van der Waals surface area (Å²) in [6.45, 7) is 0.195. The van der Waals surface area contributed by atoms with Crippen LogP contribution in [0.15, 0.2) is 41.8 Å². The van der Waals surface area contributed by atoms with Gasteiger partial charge in [-0.05, 0) is 30.3 Å². The number of rotatable bonds is 3. The number of aromatic nitrogens is 1. The molecule has 0 radical (unpaired) electrons. The summed E-state index contributed by atoms with van der Waals surface area (Å²) < 4.78 is 24.4. The smallest absolute Gasteiger partial charge is 0.261 e. The highest BCUT2D eigenvalue weighted by atomic mass is 35.5. The second-order valence-corrected chi connectivity index (χ2v) is 6.42. The first-order valence-electron chi connectivity index (χ1n) is 7.23. The molecular weight excluding hydrogens is 367 g/mol. The van der Waals surface area contributed by atoms with Gasteiger partial charge in [0.2, 0.25) is 6.79 Å². The number of ether oxygens (including phenoxy) is 2. The van der Waals surface area contributed by atoms with Crippen LogP contribution in [0.4, 0.5) is 9.52 Å². The van der Waals surface area contributed by atoms with Crippen LogP contribution in [0, 0.1) is 5.82 Å². The SMILES string of the molecule is O=C(Nc1nc(-c2ccc3c(c2)OCO3)cs1)c1c(F)cccc1Cl. The number of hydrogen-bond donors (Lipinski definition) is 1. The van der Waals surface area contributed by atoms with Gasteiger partial charge in [0.05, 0.1) is 16.3 Å². The molecule has 1 aromatic heterocycles. The number of carbonyl (C=O) groups excluding carboxylic acids is 1. The minimum absolute atomic E-state index is 0.0463. The zero-order chi connectivity index (χ0) is 17.4. The molecule has 25 heavy (non-hydrogen) atoms. The second-order valence-electron chi connectivity index (χ2n) is 5.16. The molecule has 4 rings (SSSR count). The predicted octanol–water partition coefficient (Wildman–Crippen LogP) is 4.58. The average Bonchev–Trinajstić information content (AvgIpc) is 3.22. The van der Waals surface area contributed by atoms with Crippen LogP contribution in [0.5, 0.6) is 11.5 Å². The first-order valence-corrected chi connectivity index (χ1v) is 8.48. The Hall–Kier alpha value is -2.64. The average molecular weight is 377 g/mol. The molecule has 1 aliphatic heterocycles. The molecule has 0 fully saturated rings. The van der Waals surface area contributed by atoms with Crippen molar-refractivity contribution in [2.75, 3.05) is 12.1 Å². The van der Waals surface area contributed by atoms with Crippen molar-refractivity contribution < 1.29 is 18.7 Å². The van der Waals surface area contributed by atoms with Gasteiger partial charge in [-0.25, -0.2) is 9.37 Å². The van der Waals surface area contributed by atoms with Crippen molar-refractivity contribution in [3.8, 4) is 22.8 Å².